The van der Waals surface area contributed by atoms with E-state index in [1.165, 1.54) is 31.2 Å². The van der Waals surface area contributed by atoms with Crippen molar-refractivity contribution in [2.45, 2.75) is 69.2 Å². The molecule has 3 rings (SSSR count). The third kappa shape index (κ3) is 6.83. The Kier molecular flexibility index (Phi) is 8.43. The van der Waals surface area contributed by atoms with Crippen LogP contribution >= 0.6 is 0 Å². The largest absolute Gasteiger partial charge is 0.462 e. The Hall–Kier alpha value is -2.95. The summed E-state index contributed by atoms with van der Waals surface area (Å²) in [6.45, 7) is 1.33. The normalized spacial score (nSPS) is 21.3. The summed E-state index contributed by atoms with van der Waals surface area (Å²) in [4.78, 5) is 22.6. The van der Waals surface area contributed by atoms with Crippen molar-refractivity contribution >= 4 is 12.3 Å². The minimum atomic E-state index is -5.00. The van der Waals surface area contributed by atoms with Crippen molar-refractivity contribution in [1.29, 1.82) is 0 Å². The fraction of sp³-hybridized carbons (Fsp3) is 0.440. The minimum absolute atomic E-state index is 0.0409. The third-order valence-corrected chi connectivity index (χ3v) is 6.00. The molecule has 2 aromatic rings. The molecule has 1 aliphatic carbocycles. The number of halogens is 7. The maximum Gasteiger partial charge on any atom is 0.416 e. The molecule has 0 aliphatic heterocycles. The van der Waals surface area contributed by atoms with E-state index >= 15 is 0 Å². The Morgan fingerprint density at radius 3 is 2.06 bits per heavy atom. The van der Waals surface area contributed by atoms with Crippen molar-refractivity contribution in [2.24, 2.45) is 0 Å². The van der Waals surface area contributed by atoms with Crippen LogP contribution in [0.1, 0.15) is 66.9 Å². The molecule has 4 atom stereocenters. The standard InChI is InChI=1S/C25H23F7O4/c1-14(16-11-17(24(27,28)29)13-18(12-16)25(30,31)32)35-20-8-9-21(36-22(34)3-2-10-33)23(20)15-4-6-19(26)7-5-15/h4-7,10-14,20-21,23H,2-3,8-9H2,1H3/t14-,20+,21-,23-/m1/s1. The third-order valence-electron chi connectivity index (χ3n) is 6.00. The van der Waals surface area contributed by atoms with Gasteiger partial charge in [-0.25, -0.2) is 4.39 Å². The van der Waals surface area contributed by atoms with Gasteiger partial charge in [-0.2, -0.15) is 26.3 Å². The first-order valence-corrected chi connectivity index (χ1v) is 11.1. The van der Waals surface area contributed by atoms with E-state index in [9.17, 15) is 40.3 Å². The van der Waals surface area contributed by atoms with Crippen molar-refractivity contribution in [2.75, 3.05) is 0 Å². The molecular formula is C25H23F7O4. The lowest BCUT2D eigenvalue weighted by atomic mass is 9.93. The average Bonchev–Trinajstić information content (AvgIpc) is 3.18. The minimum Gasteiger partial charge on any atom is -0.462 e. The van der Waals surface area contributed by atoms with Gasteiger partial charge in [0.05, 0.1) is 29.8 Å². The van der Waals surface area contributed by atoms with Crippen molar-refractivity contribution < 1.29 is 49.8 Å². The van der Waals surface area contributed by atoms with Crippen molar-refractivity contribution in [3.63, 3.8) is 0 Å². The van der Waals surface area contributed by atoms with Gasteiger partial charge in [-0.05, 0) is 61.2 Å². The highest BCUT2D eigenvalue weighted by Crippen LogP contribution is 2.43. The van der Waals surface area contributed by atoms with Gasteiger partial charge < -0.3 is 14.3 Å². The Labute approximate surface area is 202 Å². The van der Waals surface area contributed by atoms with Crippen LogP contribution in [0.2, 0.25) is 0 Å². The number of carbonyl (C=O) groups is 2. The number of alkyl halides is 6. The van der Waals surface area contributed by atoms with Crippen LogP contribution in [-0.4, -0.2) is 24.5 Å². The summed E-state index contributed by atoms with van der Waals surface area (Å²) in [5.74, 6) is -1.81. The number of hydrogen-bond acceptors (Lipinski definition) is 4. The first-order valence-electron chi connectivity index (χ1n) is 11.1. The fourth-order valence-electron chi connectivity index (χ4n) is 4.29. The molecule has 1 aliphatic rings. The van der Waals surface area contributed by atoms with E-state index in [2.05, 4.69) is 0 Å². The number of hydrogen-bond donors (Lipinski definition) is 0. The Morgan fingerprint density at radius 2 is 1.53 bits per heavy atom. The molecular weight excluding hydrogens is 497 g/mol. The molecule has 0 N–H and O–H groups in total. The molecule has 0 aromatic heterocycles. The van der Waals surface area contributed by atoms with Gasteiger partial charge in [0.2, 0.25) is 0 Å². The van der Waals surface area contributed by atoms with E-state index in [1.807, 2.05) is 0 Å². The molecule has 0 heterocycles. The first-order chi connectivity index (χ1) is 16.8. The van der Waals surface area contributed by atoms with Gasteiger partial charge in [0.15, 0.2) is 0 Å². The second-order valence-electron chi connectivity index (χ2n) is 8.54. The van der Waals surface area contributed by atoms with Crippen molar-refractivity contribution in [3.8, 4) is 0 Å². The smallest absolute Gasteiger partial charge is 0.416 e. The summed E-state index contributed by atoms with van der Waals surface area (Å²) < 4.78 is 105. The van der Waals surface area contributed by atoms with Crippen LogP contribution in [0.15, 0.2) is 42.5 Å². The number of carbonyl (C=O) groups excluding carboxylic acids is 2. The SMILES string of the molecule is C[C@@H](O[C@H]1CC[C@@H](OC(=O)CCC=O)[C@@H]1c1ccc(F)cc1)c1cc(C(F)(F)F)cc(C(F)(F)F)c1. The zero-order valence-electron chi connectivity index (χ0n) is 19.0. The van der Waals surface area contributed by atoms with Crippen molar-refractivity contribution in [3.05, 3.63) is 70.5 Å². The summed E-state index contributed by atoms with van der Waals surface area (Å²) in [6.07, 6.45) is -11.7. The quantitative estimate of drug-likeness (QED) is 0.219. The van der Waals surface area contributed by atoms with Gasteiger partial charge >= 0.3 is 18.3 Å². The Morgan fingerprint density at radius 1 is 0.972 bits per heavy atom. The molecule has 1 fully saturated rings. The Bertz CT molecular complexity index is 1030. The number of aldehydes is 1. The maximum atomic E-state index is 13.5. The molecule has 0 radical (unpaired) electrons. The van der Waals surface area contributed by atoms with E-state index in [0.717, 1.165) is 0 Å². The number of ether oxygens (including phenoxy) is 2. The van der Waals surface area contributed by atoms with Gasteiger partial charge in [-0.3, -0.25) is 4.79 Å². The molecule has 0 bridgehead atoms. The van der Waals surface area contributed by atoms with Gasteiger partial charge in [0.1, 0.15) is 18.2 Å². The van der Waals surface area contributed by atoms with Crippen molar-refractivity contribution in [1.82, 2.24) is 0 Å². The molecule has 36 heavy (non-hydrogen) atoms. The maximum absolute atomic E-state index is 13.5. The van der Waals surface area contributed by atoms with Gasteiger partial charge in [0, 0.05) is 12.3 Å². The lowest BCUT2D eigenvalue weighted by Crippen LogP contribution is -2.28. The highest BCUT2D eigenvalue weighted by Gasteiger charge is 2.42. The van der Waals surface area contributed by atoms with Crippen LogP contribution in [0.3, 0.4) is 0 Å². The summed E-state index contributed by atoms with van der Waals surface area (Å²) in [7, 11) is 0. The Balaban J connectivity index is 1.89. The monoisotopic (exact) mass is 520 g/mol. The summed E-state index contributed by atoms with van der Waals surface area (Å²) in [5.41, 5.74) is -2.70. The number of esters is 1. The van der Waals surface area contributed by atoms with E-state index in [4.69, 9.17) is 9.47 Å². The molecule has 196 valence electrons. The molecule has 1 saturated carbocycles. The van der Waals surface area contributed by atoms with Gasteiger partial charge in [0.25, 0.3) is 0 Å². The summed E-state index contributed by atoms with van der Waals surface area (Å²) >= 11 is 0. The number of benzene rings is 2. The number of rotatable bonds is 8. The van der Waals surface area contributed by atoms with Crippen LogP contribution in [0, 0.1) is 5.82 Å². The molecule has 0 spiro atoms. The lowest BCUT2D eigenvalue weighted by Gasteiger charge is -2.28. The molecule has 0 saturated heterocycles. The predicted molar refractivity (Wildman–Crippen MR) is 113 cm³/mol. The fourth-order valence-corrected chi connectivity index (χ4v) is 4.29. The lowest BCUT2D eigenvalue weighted by molar-refractivity contribution is -0.151. The summed E-state index contributed by atoms with van der Waals surface area (Å²) in [6, 6.07) is 6.53. The van der Waals surface area contributed by atoms with Gasteiger partial charge in [-0.15, -0.1) is 0 Å². The second kappa shape index (κ2) is 11.0. The highest BCUT2D eigenvalue weighted by atomic mass is 19.4. The second-order valence-corrected chi connectivity index (χ2v) is 8.54. The first kappa shape index (κ1) is 27.6. The van der Waals surface area contributed by atoms with Gasteiger partial charge in [-0.1, -0.05) is 12.1 Å². The highest BCUT2D eigenvalue weighted by molar-refractivity contribution is 5.72. The topological polar surface area (TPSA) is 52.6 Å². The van der Waals surface area contributed by atoms with Crippen LogP contribution < -0.4 is 0 Å². The van der Waals surface area contributed by atoms with Crippen LogP contribution in [0.5, 0.6) is 0 Å². The molecule has 2 aromatic carbocycles. The van der Waals surface area contributed by atoms with E-state index in [0.29, 0.717) is 30.4 Å². The van der Waals surface area contributed by atoms with Crippen LogP contribution in [0.4, 0.5) is 30.7 Å². The molecule has 11 heteroatoms. The molecule has 0 amide bonds. The summed E-state index contributed by atoms with van der Waals surface area (Å²) in [5, 5.41) is 0. The predicted octanol–water partition coefficient (Wildman–Crippen LogP) is 6.78. The van der Waals surface area contributed by atoms with Crippen LogP contribution in [0.25, 0.3) is 0 Å². The van der Waals surface area contributed by atoms with E-state index in [-0.39, 0.29) is 30.9 Å². The van der Waals surface area contributed by atoms with Crippen LogP contribution in [-0.2, 0) is 31.4 Å². The zero-order chi connectivity index (χ0) is 26.7. The molecule has 0 unspecified atom stereocenters. The average molecular weight is 520 g/mol. The van der Waals surface area contributed by atoms with E-state index in [1.54, 1.807) is 0 Å². The van der Waals surface area contributed by atoms with E-state index < -0.39 is 59.5 Å². The zero-order valence-corrected chi connectivity index (χ0v) is 19.0. The molecule has 4 nitrogen and oxygen atoms in total.